The van der Waals surface area contributed by atoms with E-state index in [0.717, 1.165) is 44.1 Å². The zero-order valence-electron chi connectivity index (χ0n) is 58.7. The molecule has 0 unspecified atom stereocenters. The fourth-order valence-corrected chi connectivity index (χ4v) is 10.9. The Labute approximate surface area is 561 Å². The van der Waals surface area contributed by atoms with Gasteiger partial charge >= 0.3 is 23.9 Å². The number of carboxylic acid groups (broad SMARTS) is 1. The van der Waals surface area contributed by atoms with Gasteiger partial charge in [-0.2, -0.15) is 0 Å². The number of fused-ring (bicyclic) bond motifs is 2. The van der Waals surface area contributed by atoms with Crippen molar-refractivity contribution in [2.75, 3.05) is 13.1 Å². The number of rotatable bonds is 26. The lowest BCUT2D eigenvalue weighted by Gasteiger charge is -2.35. The molecule has 6 rings (SSSR count). The van der Waals surface area contributed by atoms with Crippen molar-refractivity contribution in [3.8, 4) is 0 Å². The number of benzene rings is 2. The van der Waals surface area contributed by atoms with E-state index in [0.29, 0.717) is 45.2 Å². The molecule has 0 spiro atoms. The quantitative estimate of drug-likeness (QED) is 0.0222. The van der Waals surface area contributed by atoms with E-state index in [1.807, 2.05) is 130 Å². The second-order valence-electron chi connectivity index (χ2n) is 26.4. The number of carbonyl (C=O) groups is 9. The Morgan fingerprint density at radius 2 is 1.04 bits per heavy atom. The Balaban J connectivity index is 0.000000358. The van der Waals surface area contributed by atoms with Crippen molar-refractivity contribution in [3.63, 3.8) is 0 Å². The Hall–Kier alpha value is -8.43. The summed E-state index contributed by atoms with van der Waals surface area (Å²) in [6.45, 7) is 37.5. The molecule has 2 aromatic carbocycles. The van der Waals surface area contributed by atoms with Gasteiger partial charge < -0.3 is 30.0 Å². The number of aromatic nitrogens is 2. The highest BCUT2D eigenvalue weighted by molar-refractivity contribution is 5.93. The first kappa shape index (κ1) is 79.0. The van der Waals surface area contributed by atoms with Crippen LogP contribution in [-0.2, 0) is 57.4 Å². The van der Waals surface area contributed by atoms with Gasteiger partial charge in [0, 0.05) is 54.5 Å². The third kappa shape index (κ3) is 24.4. The highest BCUT2D eigenvalue weighted by atomic mass is 16.6. The van der Waals surface area contributed by atoms with Gasteiger partial charge in [0.1, 0.15) is 47.8 Å². The lowest BCUT2D eigenvalue weighted by atomic mass is 9.82. The SMILES string of the molecule is C/C=C/[C@@H](CC)C(=O)O.C=Cc1cc2cc([C@@H](C)OC(=O)[C@@H]3CCCN(C(=O)[C@H](C)NC(=O)[C@@H](CC(=O)OC(C)(C)C)C(C)C)N3)ccc2cn1.C=Cc1cc2cc([C@@H](C)OC(=O)[C@@H]3CCCN(C(=O)[C@H](C)NC(=O)[C@@H](CC(=O)[C@@H](/C=C/C)C(C)C)C(C)C)N3)ccc2cn1. The van der Waals surface area contributed by atoms with Crippen LogP contribution in [0.4, 0.5) is 0 Å². The summed E-state index contributed by atoms with van der Waals surface area (Å²) in [6.07, 6.45) is 16.0. The number of Topliss-reactive ketones (excluding diaryl/α,β-unsaturated/α-hetero) is 1. The normalized spacial score (nSPS) is 17.6. The van der Waals surface area contributed by atoms with Gasteiger partial charge in [0.2, 0.25) is 11.8 Å². The molecule has 0 aliphatic carbocycles. The summed E-state index contributed by atoms with van der Waals surface area (Å²) in [5.41, 5.74) is 8.54. The number of allylic oxidation sites excluding steroid dienone is 3. The van der Waals surface area contributed by atoms with Crippen LogP contribution in [0.1, 0.15) is 190 Å². The molecule has 2 fully saturated rings. The van der Waals surface area contributed by atoms with Crippen LogP contribution < -0.4 is 21.5 Å². The van der Waals surface area contributed by atoms with Crippen molar-refractivity contribution in [2.45, 2.75) is 198 Å². The fourth-order valence-electron chi connectivity index (χ4n) is 10.9. The zero-order chi connectivity index (χ0) is 71.0. The Bertz CT molecular complexity index is 3390. The molecule has 2 aliphatic heterocycles. The smallest absolute Gasteiger partial charge is 0.325 e. The first-order chi connectivity index (χ1) is 44.7. The number of aliphatic carboxylic acids is 1. The van der Waals surface area contributed by atoms with Crippen molar-refractivity contribution < 1.29 is 62.5 Å². The summed E-state index contributed by atoms with van der Waals surface area (Å²) in [6, 6.07) is 12.3. The Kier molecular flexibility index (Phi) is 31.3. The number of hydrogen-bond donors (Lipinski definition) is 5. The molecule has 21 heteroatoms. The molecule has 4 heterocycles. The molecule has 95 heavy (non-hydrogen) atoms. The summed E-state index contributed by atoms with van der Waals surface area (Å²) in [5.74, 6) is -5.43. The number of hydrogen-bond acceptors (Lipinski definition) is 16. The molecular weight excluding hydrogens is 1210 g/mol. The molecule has 2 aromatic heterocycles. The van der Waals surface area contributed by atoms with E-state index in [9.17, 15) is 43.2 Å². The first-order valence-electron chi connectivity index (χ1n) is 33.2. The van der Waals surface area contributed by atoms with Crippen LogP contribution in [-0.4, -0.2) is 121 Å². The van der Waals surface area contributed by atoms with Gasteiger partial charge in [0.25, 0.3) is 11.8 Å². The van der Waals surface area contributed by atoms with Gasteiger partial charge in [0.05, 0.1) is 29.6 Å². The van der Waals surface area contributed by atoms with Gasteiger partial charge in [-0.25, -0.2) is 10.9 Å². The minimum atomic E-state index is -0.869. The molecule has 2 aliphatic rings. The average molecular weight is 1310 g/mol. The molecule has 518 valence electrons. The lowest BCUT2D eigenvalue weighted by Crippen LogP contribution is -2.59. The van der Waals surface area contributed by atoms with Crippen molar-refractivity contribution in [1.82, 2.24) is 41.5 Å². The average Bonchev–Trinajstić information content (AvgIpc) is 0.885. The number of hydrazine groups is 2. The van der Waals surface area contributed by atoms with E-state index in [1.54, 1.807) is 78.2 Å². The molecule has 21 nitrogen and oxygen atoms in total. The zero-order valence-corrected chi connectivity index (χ0v) is 58.7. The maximum atomic E-state index is 13.3. The van der Waals surface area contributed by atoms with Crippen LogP contribution in [0.15, 0.2) is 98.4 Å². The summed E-state index contributed by atoms with van der Waals surface area (Å²) in [5, 5.41) is 20.7. The van der Waals surface area contributed by atoms with Crippen LogP contribution in [0.3, 0.4) is 0 Å². The number of carbonyl (C=O) groups excluding carboxylic acids is 8. The number of esters is 3. The second kappa shape index (κ2) is 37.6. The van der Waals surface area contributed by atoms with Crippen LogP contribution in [0.25, 0.3) is 33.7 Å². The largest absolute Gasteiger partial charge is 0.481 e. The van der Waals surface area contributed by atoms with E-state index >= 15 is 0 Å². The number of pyridine rings is 2. The highest BCUT2D eigenvalue weighted by Gasteiger charge is 2.37. The standard InChI is InChI=1S/C35H48N4O5.C32H44N4O6.C7H12O2/c1-9-12-29(21(3)4)32(40)19-30(22(5)6)33(41)37-23(7)34(42)39-16-11-13-31(38-39)35(43)44-24(8)25-14-15-26-20-36-28(10-2)18-27(26)17-25;1-9-25-16-24-15-22(12-13-23(24)18-33-25)21(5)41-31(40)27-11-10-14-36(35-27)30(39)20(4)34-29(38)26(19(2)3)17-28(37)42-32(6,7)8;1-3-5-6(4-2)7(8)9/h9-10,12,14-15,17-18,20-24,29-31,38H,2,11,13,16,19H2,1,3-8H3,(H,37,41);9,12-13,15-16,18-21,26-27,35H,1,10-11,14,17H2,2-8H3,(H,34,38);3,5-6H,4H2,1-2H3,(H,8,9)/b12-9+;;5-3+/t23-,24+,29-,30-,31-;20-,21+,26-,27-;6-/m001/s1. The number of ether oxygens (including phenoxy) is 3. The van der Waals surface area contributed by atoms with Crippen LogP contribution in [0.2, 0.25) is 0 Å². The molecule has 2 saturated heterocycles. The van der Waals surface area contributed by atoms with Gasteiger partial charge in [-0.3, -0.25) is 63.1 Å². The number of nitrogens with one attached hydrogen (secondary N) is 4. The van der Waals surface area contributed by atoms with E-state index in [-0.39, 0.29) is 65.9 Å². The van der Waals surface area contributed by atoms with Gasteiger partial charge in [-0.05, 0) is 170 Å². The predicted octanol–water partition coefficient (Wildman–Crippen LogP) is 11.7. The first-order valence-corrected chi connectivity index (χ1v) is 33.2. The summed E-state index contributed by atoms with van der Waals surface area (Å²) in [4.78, 5) is 123. The molecule has 0 bridgehead atoms. The van der Waals surface area contributed by atoms with Gasteiger partial charge in [-0.1, -0.05) is 110 Å². The van der Waals surface area contributed by atoms with Crippen LogP contribution in [0, 0.1) is 41.4 Å². The highest BCUT2D eigenvalue weighted by Crippen LogP contribution is 2.28. The second-order valence-corrected chi connectivity index (χ2v) is 26.4. The number of nitrogens with zero attached hydrogens (tertiary/aromatic N) is 4. The van der Waals surface area contributed by atoms with Crippen LogP contribution >= 0.6 is 0 Å². The van der Waals surface area contributed by atoms with Gasteiger partial charge in [-0.15, -0.1) is 0 Å². The third-order valence-electron chi connectivity index (χ3n) is 16.6. The Morgan fingerprint density at radius 3 is 1.39 bits per heavy atom. The van der Waals surface area contributed by atoms with E-state index in [1.165, 1.54) is 10.0 Å². The maximum Gasteiger partial charge on any atom is 0.325 e. The van der Waals surface area contributed by atoms with Crippen molar-refractivity contribution in [1.29, 1.82) is 0 Å². The van der Waals surface area contributed by atoms with E-state index < -0.39 is 83.6 Å². The minimum Gasteiger partial charge on any atom is -0.481 e. The molecule has 0 radical (unpaired) electrons. The number of amides is 4. The molecule has 0 saturated carbocycles. The van der Waals surface area contributed by atoms with Crippen molar-refractivity contribution in [3.05, 3.63) is 121 Å². The molecule has 5 N–H and O–H groups in total. The number of ketones is 1. The van der Waals surface area contributed by atoms with E-state index in [4.69, 9.17) is 19.3 Å². The Morgan fingerprint density at radius 1 is 0.621 bits per heavy atom. The summed E-state index contributed by atoms with van der Waals surface area (Å²) >= 11 is 0. The van der Waals surface area contributed by atoms with E-state index in [2.05, 4.69) is 44.6 Å². The van der Waals surface area contributed by atoms with Crippen molar-refractivity contribution in [2.24, 2.45) is 41.4 Å². The predicted molar refractivity (Wildman–Crippen MR) is 370 cm³/mol. The minimum absolute atomic E-state index is 0.0152. The maximum absolute atomic E-state index is 13.3. The topological polar surface area (TPSA) is 282 Å². The van der Waals surface area contributed by atoms with Crippen LogP contribution in [0.5, 0.6) is 0 Å². The molecule has 4 aromatic rings. The fraction of sp³-hybridized carbons (Fsp3) is 0.527. The monoisotopic (exact) mass is 1310 g/mol. The number of carboxylic acids is 1. The molecule has 10 atom stereocenters. The lowest BCUT2D eigenvalue weighted by molar-refractivity contribution is -0.158. The molecule has 4 amide bonds. The summed E-state index contributed by atoms with van der Waals surface area (Å²) < 4.78 is 17.0. The van der Waals surface area contributed by atoms with Crippen molar-refractivity contribution >= 4 is 87.0 Å². The van der Waals surface area contributed by atoms with Gasteiger partial charge in [0.15, 0.2) is 0 Å². The third-order valence-corrected chi connectivity index (χ3v) is 16.6. The summed E-state index contributed by atoms with van der Waals surface area (Å²) in [7, 11) is 0. The molecular formula is C74H104N8O13.